The van der Waals surface area contributed by atoms with E-state index in [1.54, 1.807) is 38.1 Å². The predicted molar refractivity (Wildman–Crippen MR) is 94.2 cm³/mol. The minimum atomic E-state index is -0.380. The Labute approximate surface area is 145 Å². The maximum atomic E-state index is 12.5. The van der Waals surface area contributed by atoms with Gasteiger partial charge in [0.15, 0.2) is 11.5 Å². The van der Waals surface area contributed by atoms with Crippen LogP contribution in [0.15, 0.2) is 29.1 Å². The molecule has 2 rings (SSSR count). The van der Waals surface area contributed by atoms with E-state index in [1.807, 2.05) is 12.1 Å². The Bertz CT molecular complexity index is 800. The highest BCUT2D eigenvalue weighted by atomic mass is 35.5. The van der Waals surface area contributed by atoms with Gasteiger partial charge in [-0.1, -0.05) is 23.7 Å². The Morgan fingerprint density at radius 3 is 2.50 bits per heavy atom. The van der Waals surface area contributed by atoms with Crippen molar-refractivity contribution in [3.8, 4) is 5.75 Å². The minimum Gasteiger partial charge on any atom is -0.486 e. The summed E-state index contributed by atoms with van der Waals surface area (Å²) in [5, 5.41) is 0.659. The van der Waals surface area contributed by atoms with Gasteiger partial charge in [-0.25, -0.2) is 4.98 Å². The summed E-state index contributed by atoms with van der Waals surface area (Å²) in [7, 11) is 3.41. The summed E-state index contributed by atoms with van der Waals surface area (Å²) < 4.78 is 6.71. The summed E-state index contributed by atoms with van der Waals surface area (Å²) in [6.45, 7) is 3.93. The van der Waals surface area contributed by atoms with E-state index < -0.39 is 0 Å². The van der Waals surface area contributed by atoms with E-state index in [4.69, 9.17) is 16.3 Å². The van der Waals surface area contributed by atoms with Gasteiger partial charge in [0.1, 0.15) is 0 Å². The molecular formula is C17H20ClN3O3. The van der Waals surface area contributed by atoms with Gasteiger partial charge in [0.2, 0.25) is 11.7 Å². The number of nitrogens with zero attached hydrogens (tertiary/aromatic N) is 3. The molecule has 2 aromatic rings. The number of rotatable bonds is 6. The lowest BCUT2D eigenvalue weighted by molar-refractivity contribution is 0.100. The summed E-state index contributed by atoms with van der Waals surface area (Å²) in [5.74, 6) is 0.0806. The van der Waals surface area contributed by atoms with Gasteiger partial charge in [-0.05, 0) is 24.6 Å². The SMILES string of the molecule is CCOc1c(C(C)=O)nc(N(C)Cc2ccc(Cl)cc2)n(C)c1=O. The number of aromatic nitrogens is 2. The monoisotopic (exact) mass is 349 g/mol. The van der Waals surface area contributed by atoms with E-state index >= 15 is 0 Å². The summed E-state index contributed by atoms with van der Waals surface area (Å²) >= 11 is 5.89. The Hall–Kier alpha value is -2.34. The zero-order valence-corrected chi connectivity index (χ0v) is 14.9. The molecule has 0 aliphatic carbocycles. The number of ketones is 1. The van der Waals surface area contributed by atoms with Crippen molar-refractivity contribution in [1.82, 2.24) is 9.55 Å². The van der Waals surface area contributed by atoms with E-state index in [0.717, 1.165) is 5.56 Å². The third-order valence-electron chi connectivity index (χ3n) is 3.52. The van der Waals surface area contributed by atoms with Crippen LogP contribution in [0.2, 0.25) is 5.02 Å². The second-order valence-electron chi connectivity index (χ2n) is 5.43. The first kappa shape index (κ1) is 18.0. The molecule has 1 aromatic heterocycles. The van der Waals surface area contributed by atoms with Crippen molar-refractivity contribution in [1.29, 1.82) is 0 Å². The molecule has 0 radical (unpaired) electrons. The molecule has 0 saturated carbocycles. The van der Waals surface area contributed by atoms with Gasteiger partial charge in [-0.2, -0.15) is 0 Å². The zero-order chi connectivity index (χ0) is 17.9. The van der Waals surface area contributed by atoms with Crippen LogP contribution in [0, 0.1) is 0 Å². The van der Waals surface area contributed by atoms with Crippen molar-refractivity contribution < 1.29 is 9.53 Å². The van der Waals surface area contributed by atoms with Crippen molar-refractivity contribution in [2.24, 2.45) is 7.05 Å². The lowest BCUT2D eigenvalue weighted by atomic mass is 10.2. The van der Waals surface area contributed by atoms with Crippen LogP contribution in [-0.2, 0) is 13.6 Å². The van der Waals surface area contributed by atoms with Crippen LogP contribution in [0.4, 0.5) is 5.95 Å². The molecular weight excluding hydrogens is 330 g/mol. The molecule has 7 heteroatoms. The highest BCUT2D eigenvalue weighted by Crippen LogP contribution is 2.18. The van der Waals surface area contributed by atoms with E-state index in [0.29, 0.717) is 17.5 Å². The Kier molecular flexibility index (Phi) is 5.62. The van der Waals surface area contributed by atoms with Crippen molar-refractivity contribution >= 4 is 23.3 Å². The molecule has 0 aliphatic rings. The van der Waals surface area contributed by atoms with Crippen molar-refractivity contribution in [3.63, 3.8) is 0 Å². The van der Waals surface area contributed by atoms with Crippen molar-refractivity contribution in [2.75, 3.05) is 18.6 Å². The average Bonchev–Trinajstić information content (AvgIpc) is 2.54. The summed E-state index contributed by atoms with van der Waals surface area (Å²) in [5.41, 5.74) is 0.683. The first-order valence-electron chi connectivity index (χ1n) is 7.55. The van der Waals surface area contributed by atoms with Gasteiger partial charge in [0.05, 0.1) is 6.61 Å². The van der Waals surface area contributed by atoms with E-state index in [2.05, 4.69) is 4.98 Å². The molecule has 24 heavy (non-hydrogen) atoms. The fraction of sp³-hybridized carbons (Fsp3) is 0.353. The van der Waals surface area contributed by atoms with Gasteiger partial charge in [-0.15, -0.1) is 0 Å². The summed E-state index contributed by atoms with van der Waals surface area (Å²) in [4.78, 5) is 30.5. The highest BCUT2D eigenvalue weighted by Gasteiger charge is 2.21. The lowest BCUT2D eigenvalue weighted by Crippen LogP contribution is -2.31. The topological polar surface area (TPSA) is 64.4 Å². The van der Waals surface area contributed by atoms with Gasteiger partial charge in [-0.3, -0.25) is 14.2 Å². The van der Waals surface area contributed by atoms with Crippen molar-refractivity contribution in [2.45, 2.75) is 20.4 Å². The molecule has 0 unspecified atom stereocenters. The van der Waals surface area contributed by atoms with Gasteiger partial charge < -0.3 is 9.64 Å². The zero-order valence-electron chi connectivity index (χ0n) is 14.2. The molecule has 0 N–H and O–H groups in total. The molecule has 1 aromatic carbocycles. The third-order valence-corrected chi connectivity index (χ3v) is 3.77. The number of benzene rings is 1. The van der Waals surface area contributed by atoms with E-state index in [1.165, 1.54) is 11.5 Å². The number of hydrogen-bond acceptors (Lipinski definition) is 5. The van der Waals surface area contributed by atoms with Crippen LogP contribution in [0.5, 0.6) is 5.75 Å². The second-order valence-corrected chi connectivity index (χ2v) is 5.86. The molecule has 128 valence electrons. The molecule has 0 aliphatic heterocycles. The Morgan fingerprint density at radius 2 is 1.96 bits per heavy atom. The molecule has 0 fully saturated rings. The number of hydrogen-bond donors (Lipinski definition) is 0. The smallest absolute Gasteiger partial charge is 0.297 e. The van der Waals surface area contributed by atoms with Crippen LogP contribution >= 0.6 is 11.6 Å². The first-order valence-corrected chi connectivity index (χ1v) is 7.93. The highest BCUT2D eigenvalue weighted by molar-refractivity contribution is 6.30. The largest absolute Gasteiger partial charge is 0.486 e. The van der Waals surface area contributed by atoms with Crippen LogP contribution in [0.1, 0.15) is 29.9 Å². The van der Waals surface area contributed by atoms with Crippen LogP contribution in [0.25, 0.3) is 0 Å². The Balaban J connectivity index is 2.43. The number of carbonyl (C=O) groups excluding carboxylic acids is 1. The van der Waals surface area contributed by atoms with Crippen LogP contribution in [0.3, 0.4) is 0 Å². The summed E-state index contributed by atoms with van der Waals surface area (Å²) in [6.07, 6.45) is 0. The summed E-state index contributed by atoms with van der Waals surface area (Å²) in [6, 6.07) is 7.40. The number of Topliss-reactive ketones (excluding diaryl/α,β-unsaturated/α-hetero) is 1. The Morgan fingerprint density at radius 1 is 1.33 bits per heavy atom. The van der Waals surface area contributed by atoms with Crippen LogP contribution in [-0.4, -0.2) is 29.0 Å². The number of anilines is 1. The maximum absolute atomic E-state index is 12.5. The fourth-order valence-corrected chi connectivity index (χ4v) is 2.49. The molecule has 0 saturated heterocycles. The number of halogens is 1. The van der Waals surface area contributed by atoms with Crippen molar-refractivity contribution in [3.05, 3.63) is 50.9 Å². The normalized spacial score (nSPS) is 10.5. The first-order chi connectivity index (χ1) is 11.3. The van der Waals surface area contributed by atoms with Gasteiger partial charge in [0.25, 0.3) is 5.56 Å². The maximum Gasteiger partial charge on any atom is 0.297 e. The van der Waals surface area contributed by atoms with E-state index in [9.17, 15) is 9.59 Å². The number of carbonyl (C=O) groups is 1. The minimum absolute atomic E-state index is 0.00357. The van der Waals surface area contributed by atoms with Gasteiger partial charge >= 0.3 is 0 Å². The number of ether oxygens (including phenoxy) is 1. The molecule has 1 heterocycles. The molecule has 0 bridgehead atoms. The van der Waals surface area contributed by atoms with Gasteiger partial charge in [0, 0.05) is 32.6 Å². The van der Waals surface area contributed by atoms with E-state index in [-0.39, 0.29) is 29.4 Å². The molecule has 0 amide bonds. The molecule has 0 spiro atoms. The molecule has 6 nitrogen and oxygen atoms in total. The second kappa shape index (κ2) is 7.49. The quantitative estimate of drug-likeness (QED) is 0.750. The predicted octanol–water partition coefficient (Wildman–Crippen LogP) is 2.67. The third kappa shape index (κ3) is 3.76. The van der Waals surface area contributed by atoms with Crippen LogP contribution < -0.4 is 15.2 Å². The molecule has 0 atom stereocenters. The lowest BCUT2D eigenvalue weighted by Gasteiger charge is -2.22. The average molecular weight is 350 g/mol. The standard InChI is InChI=1S/C17H20ClN3O3/c1-5-24-15-14(11(2)22)19-17(21(4)16(15)23)20(3)10-12-6-8-13(18)9-7-12/h6-9H,5,10H2,1-4H3. The fourth-order valence-electron chi connectivity index (χ4n) is 2.36.